The monoisotopic (exact) mass is 670 g/mol. The summed E-state index contributed by atoms with van der Waals surface area (Å²) in [6.45, 7) is 0. The number of aromatic nitrogens is 1. The van der Waals surface area contributed by atoms with Crippen LogP contribution in [0.4, 0.5) is 51.2 Å². The van der Waals surface area contributed by atoms with Gasteiger partial charge in [0.15, 0.2) is 0 Å². The fraction of sp³-hybridized carbons (Fsp3) is 0. The Labute approximate surface area is 302 Å². The van der Waals surface area contributed by atoms with E-state index in [9.17, 15) is 0 Å². The van der Waals surface area contributed by atoms with E-state index in [1.54, 1.807) is 6.20 Å². The first-order valence-electron chi connectivity index (χ1n) is 17.4. The van der Waals surface area contributed by atoms with Crippen molar-refractivity contribution in [3.05, 3.63) is 207 Å². The van der Waals surface area contributed by atoms with Crippen molar-refractivity contribution in [3.8, 4) is 0 Å². The van der Waals surface area contributed by atoms with Crippen LogP contribution in [0, 0.1) is 0 Å². The smallest absolute Gasteiger partial charge is 0.138 e. The van der Waals surface area contributed by atoms with E-state index in [1.807, 2.05) is 24.4 Å². The maximum Gasteiger partial charge on any atom is 0.138 e. The van der Waals surface area contributed by atoms with Gasteiger partial charge in [-0.2, -0.15) is 0 Å². The fourth-order valence-corrected chi connectivity index (χ4v) is 6.90. The highest BCUT2D eigenvalue weighted by Gasteiger charge is 2.19. The van der Waals surface area contributed by atoms with E-state index in [-0.39, 0.29) is 0 Å². The Morgan fingerprint density at radius 3 is 1.04 bits per heavy atom. The Hall–Kier alpha value is -7.11. The number of rotatable bonds is 9. The van der Waals surface area contributed by atoms with Gasteiger partial charge in [0.1, 0.15) is 11.2 Å². The molecule has 0 saturated heterocycles. The van der Waals surface area contributed by atoms with Gasteiger partial charge >= 0.3 is 0 Å². The van der Waals surface area contributed by atoms with Gasteiger partial charge in [0, 0.05) is 74.4 Å². The summed E-state index contributed by atoms with van der Waals surface area (Å²) in [7, 11) is 0. The Morgan fingerprint density at radius 1 is 0.308 bits per heavy atom. The Morgan fingerprint density at radius 2 is 0.635 bits per heavy atom. The van der Waals surface area contributed by atoms with Gasteiger partial charge in [0.05, 0.1) is 0 Å². The molecule has 9 rings (SSSR count). The first-order chi connectivity index (χ1) is 25.8. The summed E-state index contributed by atoms with van der Waals surface area (Å²) in [5.74, 6) is 0. The lowest BCUT2D eigenvalue weighted by Gasteiger charge is -2.29. The zero-order chi connectivity index (χ0) is 34.7. The summed E-state index contributed by atoms with van der Waals surface area (Å²) in [4.78, 5) is 11.2. The van der Waals surface area contributed by atoms with Crippen molar-refractivity contribution >= 4 is 73.1 Å². The third-order valence-electron chi connectivity index (χ3n) is 9.30. The molecule has 0 spiro atoms. The van der Waals surface area contributed by atoms with Crippen LogP contribution in [0.5, 0.6) is 0 Å². The Balaban J connectivity index is 1.10. The second-order valence-electron chi connectivity index (χ2n) is 12.5. The molecule has 7 aromatic carbocycles. The van der Waals surface area contributed by atoms with Crippen molar-refractivity contribution in [1.82, 2.24) is 4.98 Å². The Bertz CT molecular complexity index is 2520. The van der Waals surface area contributed by atoms with Crippen LogP contribution < -0.4 is 14.7 Å². The summed E-state index contributed by atoms with van der Waals surface area (Å²) in [6.07, 6.45) is 3.64. The van der Waals surface area contributed by atoms with Crippen LogP contribution in [0.15, 0.2) is 211 Å². The summed E-state index contributed by atoms with van der Waals surface area (Å²) < 4.78 is 6.12. The molecule has 52 heavy (non-hydrogen) atoms. The van der Waals surface area contributed by atoms with Crippen molar-refractivity contribution in [2.24, 2.45) is 0 Å². The zero-order valence-electron chi connectivity index (χ0n) is 28.3. The van der Waals surface area contributed by atoms with E-state index in [0.29, 0.717) is 0 Å². The second-order valence-corrected chi connectivity index (χ2v) is 12.5. The van der Waals surface area contributed by atoms with E-state index in [0.717, 1.165) is 73.1 Å². The molecule has 2 aromatic heterocycles. The molecule has 0 unspecified atom stereocenters. The molecule has 0 fully saturated rings. The highest BCUT2D eigenvalue weighted by atomic mass is 16.3. The van der Waals surface area contributed by atoms with Crippen molar-refractivity contribution in [1.29, 1.82) is 0 Å². The molecule has 9 aromatic rings. The molecule has 0 aliphatic carbocycles. The molecular formula is C47H34N4O. The van der Waals surface area contributed by atoms with Crippen molar-refractivity contribution in [2.45, 2.75) is 0 Å². The number of furan rings is 1. The van der Waals surface area contributed by atoms with Crippen LogP contribution in [0.2, 0.25) is 0 Å². The summed E-state index contributed by atoms with van der Waals surface area (Å²) in [5, 5.41) is 2.04. The van der Waals surface area contributed by atoms with E-state index in [2.05, 4.69) is 196 Å². The molecule has 0 bridgehead atoms. The molecular weight excluding hydrogens is 637 g/mol. The van der Waals surface area contributed by atoms with Gasteiger partial charge in [-0.25, -0.2) is 0 Å². The average molecular weight is 671 g/mol. The van der Waals surface area contributed by atoms with Crippen molar-refractivity contribution in [3.63, 3.8) is 0 Å². The van der Waals surface area contributed by atoms with Gasteiger partial charge < -0.3 is 19.1 Å². The predicted octanol–water partition coefficient (Wildman–Crippen LogP) is 13.4. The second kappa shape index (κ2) is 13.7. The third kappa shape index (κ3) is 5.91. The molecule has 0 atom stereocenters. The average Bonchev–Trinajstić information content (AvgIpc) is 3.59. The van der Waals surface area contributed by atoms with Gasteiger partial charge in [-0.1, -0.05) is 72.8 Å². The number of hydrogen-bond acceptors (Lipinski definition) is 5. The first-order valence-corrected chi connectivity index (χ1v) is 17.4. The molecule has 5 nitrogen and oxygen atoms in total. The lowest BCUT2D eigenvalue weighted by atomic mass is 10.1. The SMILES string of the molecule is c1ccc(N(c2ccccc2)c2ccc(N(c3ccccc3)c3ccc(N(c4ccccc4)c4ccc5oc6ccncc6c5c4)cc3)cc2)cc1. The van der Waals surface area contributed by atoms with Crippen LogP contribution in [0.1, 0.15) is 0 Å². The van der Waals surface area contributed by atoms with Crippen molar-refractivity contribution < 1.29 is 4.42 Å². The molecule has 0 aliphatic rings. The van der Waals surface area contributed by atoms with E-state index >= 15 is 0 Å². The molecule has 0 N–H and O–H groups in total. The zero-order valence-corrected chi connectivity index (χ0v) is 28.3. The standard InChI is InChI=1S/C47H34N4O/c1-5-13-35(14-6-1)49(36-15-7-2-8-16-36)39-21-23-40(24-22-39)50(37-17-9-3-10-18-37)41-25-27-42(28-26-41)51(38-19-11-4-12-20-38)43-29-30-46-44(33-43)45-34-48-32-31-47(45)52-46/h1-34H. The maximum absolute atomic E-state index is 6.12. The minimum absolute atomic E-state index is 0.833. The number of benzene rings is 7. The molecule has 2 heterocycles. The van der Waals surface area contributed by atoms with E-state index in [4.69, 9.17) is 4.42 Å². The van der Waals surface area contributed by atoms with Crippen LogP contribution >= 0.6 is 0 Å². The van der Waals surface area contributed by atoms with Gasteiger partial charge in [-0.3, -0.25) is 4.98 Å². The minimum atomic E-state index is 0.833. The van der Waals surface area contributed by atoms with Gasteiger partial charge in [0.2, 0.25) is 0 Å². The van der Waals surface area contributed by atoms with Crippen LogP contribution in [-0.4, -0.2) is 4.98 Å². The van der Waals surface area contributed by atoms with E-state index in [1.165, 1.54) is 0 Å². The third-order valence-corrected chi connectivity index (χ3v) is 9.30. The quantitative estimate of drug-likeness (QED) is 0.153. The molecule has 0 amide bonds. The lowest BCUT2D eigenvalue weighted by molar-refractivity contribution is 0.668. The largest absolute Gasteiger partial charge is 0.456 e. The molecule has 0 aliphatic heterocycles. The molecule has 248 valence electrons. The Kier molecular flexibility index (Phi) is 8.12. The summed E-state index contributed by atoms with van der Waals surface area (Å²) in [6, 6.07) is 67.8. The number of fused-ring (bicyclic) bond motifs is 3. The van der Waals surface area contributed by atoms with E-state index < -0.39 is 0 Å². The topological polar surface area (TPSA) is 35.8 Å². The number of anilines is 9. The van der Waals surface area contributed by atoms with Gasteiger partial charge in [0.25, 0.3) is 0 Å². The van der Waals surface area contributed by atoms with Gasteiger partial charge in [-0.05, 0) is 121 Å². The minimum Gasteiger partial charge on any atom is -0.456 e. The summed E-state index contributed by atoms with van der Waals surface area (Å²) in [5.41, 5.74) is 11.3. The number of pyridine rings is 1. The van der Waals surface area contributed by atoms with Crippen molar-refractivity contribution in [2.75, 3.05) is 14.7 Å². The predicted molar refractivity (Wildman–Crippen MR) is 216 cm³/mol. The lowest BCUT2D eigenvalue weighted by Crippen LogP contribution is -2.13. The first kappa shape index (κ1) is 30.9. The molecule has 5 heteroatoms. The molecule has 0 saturated carbocycles. The van der Waals surface area contributed by atoms with Crippen LogP contribution in [0.3, 0.4) is 0 Å². The normalized spacial score (nSPS) is 11.1. The molecule has 0 radical (unpaired) electrons. The number of para-hydroxylation sites is 4. The number of nitrogens with zero attached hydrogens (tertiary/aromatic N) is 4. The fourth-order valence-electron chi connectivity index (χ4n) is 6.90. The maximum atomic E-state index is 6.12. The van der Waals surface area contributed by atoms with Crippen LogP contribution in [-0.2, 0) is 0 Å². The highest BCUT2D eigenvalue weighted by molar-refractivity contribution is 6.06. The number of hydrogen-bond donors (Lipinski definition) is 0. The highest BCUT2D eigenvalue weighted by Crippen LogP contribution is 2.42. The van der Waals surface area contributed by atoms with Crippen LogP contribution in [0.25, 0.3) is 21.9 Å². The van der Waals surface area contributed by atoms with Gasteiger partial charge in [-0.15, -0.1) is 0 Å². The summed E-state index contributed by atoms with van der Waals surface area (Å²) >= 11 is 0.